The molecule has 18 heavy (non-hydrogen) atoms. The molecule has 0 saturated carbocycles. The summed E-state index contributed by atoms with van der Waals surface area (Å²) in [5, 5.41) is 8.93. The van der Waals surface area contributed by atoms with E-state index in [4.69, 9.17) is 14.7 Å². The van der Waals surface area contributed by atoms with Crippen LogP contribution in [0.15, 0.2) is 0 Å². The third-order valence-electron chi connectivity index (χ3n) is 2.59. The minimum atomic E-state index is -0.562. The zero-order valence-corrected chi connectivity index (χ0v) is 11.6. The Balaban J connectivity index is 4.33. The SMILES string of the molecule is CCOCCN(CCOCC)C(=O)C(C#N)CC. The predicted octanol–water partition coefficient (Wildman–Crippen LogP) is 1.44. The quantitative estimate of drug-likeness (QED) is 0.555. The molecule has 0 heterocycles. The zero-order valence-electron chi connectivity index (χ0n) is 11.6. The maximum absolute atomic E-state index is 12.1. The average Bonchev–Trinajstić information content (AvgIpc) is 2.38. The Labute approximate surface area is 110 Å². The van der Waals surface area contributed by atoms with Crippen LogP contribution in [0.5, 0.6) is 0 Å². The molecule has 0 aromatic rings. The monoisotopic (exact) mass is 256 g/mol. The second kappa shape index (κ2) is 11.0. The van der Waals surface area contributed by atoms with Crippen molar-refractivity contribution in [2.45, 2.75) is 27.2 Å². The minimum absolute atomic E-state index is 0.126. The maximum atomic E-state index is 12.1. The molecule has 0 aliphatic carbocycles. The molecule has 0 rings (SSSR count). The van der Waals surface area contributed by atoms with E-state index in [1.165, 1.54) is 0 Å². The highest BCUT2D eigenvalue weighted by atomic mass is 16.5. The molecule has 0 saturated heterocycles. The average molecular weight is 256 g/mol. The third kappa shape index (κ3) is 6.58. The van der Waals surface area contributed by atoms with Crippen molar-refractivity contribution >= 4 is 5.91 Å². The van der Waals surface area contributed by atoms with Gasteiger partial charge in [0, 0.05) is 26.3 Å². The van der Waals surface area contributed by atoms with Gasteiger partial charge in [0.25, 0.3) is 0 Å². The van der Waals surface area contributed by atoms with E-state index < -0.39 is 5.92 Å². The van der Waals surface area contributed by atoms with Gasteiger partial charge in [-0.1, -0.05) is 6.92 Å². The summed E-state index contributed by atoms with van der Waals surface area (Å²) < 4.78 is 10.5. The topological polar surface area (TPSA) is 62.6 Å². The van der Waals surface area contributed by atoms with E-state index in [0.717, 1.165) is 0 Å². The molecule has 0 aromatic heterocycles. The van der Waals surface area contributed by atoms with Crippen LogP contribution >= 0.6 is 0 Å². The maximum Gasteiger partial charge on any atom is 0.240 e. The zero-order chi connectivity index (χ0) is 13.8. The Kier molecular flexibility index (Phi) is 10.3. The molecule has 0 aliphatic heterocycles. The summed E-state index contributed by atoms with van der Waals surface area (Å²) in [6.07, 6.45) is 0.537. The lowest BCUT2D eigenvalue weighted by Gasteiger charge is -2.24. The molecule has 0 radical (unpaired) electrons. The lowest BCUT2D eigenvalue weighted by atomic mass is 10.1. The van der Waals surface area contributed by atoms with Crippen LogP contribution in [0.2, 0.25) is 0 Å². The van der Waals surface area contributed by atoms with Gasteiger partial charge in [0.1, 0.15) is 5.92 Å². The van der Waals surface area contributed by atoms with Crippen LogP contribution in [0.3, 0.4) is 0 Å². The summed E-state index contributed by atoms with van der Waals surface area (Å²) in [6, 6.07) is 2.04. The molecule has 0 bridgehead atoms. The molecule has 1 atom stereocenters. The first kappa shape index (κ1) is 16.9. The van der Waals surface area contributed by atoms with Crippen LogP contribution in [0.4, 0.5) is 0 Å². The summed E-state index contributed by atoms with van der Waals surface area (Å²) in [6.45, 7) is 8.94. The smallest absolute Gasteiger partial charge is 0.240 e. The lowest BCUT2D eigenvalue weighted by Crippen LogP contribution is -2.40. The van der Waals surface area contributed by atoms with Gasteiger partial charge in [0.15, 0.2) is 0 Å². The highest BCUT2D eigenvalue weighted by molar-refractivity contribution is 5.81. The molecule has 0 fully saturated rings. The Morgan fingerprint density at radius 3 is 2.00 bits per heavy atom. The molecule has 104 valence electrons. The normalized spacial score (nSPS) is 11.9. The highest BCUT2D eigenvalue weighted by Crippen LogP contribution is 2.06. The van der Waals surface area contributed by atoms with Crippen molar-refractivity contribution in [3.05, 3.63) is 0 Å². The molecule has 0 aromatic carbocycles. The molecular weight excluding hydrogens is 232 g/mol. The first-order valence-corrected chi connectivity index (χ1v) is 6.55. The second-order valence-electron chi connectivity index (χ2n) is 3.81. The van der Waals surface area contributed by atoms with Gasteiger partial charge in [0.2, 0.25) is 5.91 Å². The Morgan fingerprint density at radius 1 is 1.17 bits per heavy atom. The van der Waals surface area contributed by atoms with Crippen molar-refractivity contribution in [1.82, 2.24) is 4.90 Å². The number of nitrogens with zero attached hydrogens (tertiary/aromatic N) is 2. The van der Waals surface area contributed by atoms with E-state index in [-0.39, 0.29) is 5.91 Å². The third-order valence-corrected chi connectivity index (χ3v) is 2.59. The van der Waals surface area contributed by atoms with Crippen LogP contribution in [-0.4, -0.2) is 50.3 Å². The summed E-state index contributed by atoms with van der Waals surface area (Å²) in [4.78, 5) is 13.7. The standard InChI is InChI=1S/C13H24N2O3/c1-4-12(11-14)13(16)15(7-9-17-5-2)8-10-18-6-3/h12H,4-10H2,1-3H3. The second-order valence-corrected chi connectivity index (χ2v) is 3.81. The number of hydrogen-bond acceptors (Lipinski definition) is 4. The van der Waals surface area contributed by atoms with Crippen LogP contribution in [0, 0.1) is 17.2 Å². The number of hydrogen-bond donors (Lipinski definition) is 0. The van der Waals surface area contributed by atoms with E-state index >= 15 is 0 Å². The fourth-order valence-electron chi connectivity index (χ4n) is 1.51. The van der Waals surface area contributed by atoms with Gasteiger partial charge >= 0.3 is 0 Å². The molecule has 0 spiro atoms. The van der Waals surface area contributed by atoms with Crippen molar-refractivity contribution < 1.29 is 14.3 Å². The van der Waals surface area contributed by atoms with E-state index in [2.05, 4.69) is 0 Å². The number of rotatable bonds is 10. The molecule has 0 N–H and O–H groups in total. The van der Waals surface area contributed by atoms with Crippen molar-refractivity contribution in [3.8, 4) is 6.07 Å². The van der Waals surface area contributed by atoms with Gasteiger partial charge in [-0.05, 0) is 20.3 Å². The highest BCUT2D eigenvalue weighted by Gasteiger charge is 2.22. The molecule has 5 nitrogen and oxygen atoms in total. The summed E-state index contributed by atoms with van der Waals surface area (Å²) >= 11 is 0. The van der Waals surface area contributed by atoms with Gasteiger partial charge in [-0.3, -0.25) is 4.79 Å². The van der Waals surface area contributed by atoms with E-state index in [1.54, 1.807) is 4.90 Å². The number of amides is 1. The van der Waals surface area contributed by atoms with Gasteiger partial charge in [-0.15, -0.1) is 0 Å². The van der Waals surface area contributed by atoms with E-state index in [1.807, 2.05) is 26.8 Å². The fraction of sp³-hybridized carbons (Fsp3) is 0.846. The van der Waals surface area contributed by atoms with E-state index in [9.17, 15) is 4.79 Å². The van der Waals surface area contributed by atoms with Gasteiger partial charge in [-0.2, -0.15) is 5.26 Å². The summed E-state index contributed by atoms with van der Waals surface area (Å²) in [5.74, 6) is -0.687. The molecule has 5 heteroatoms. The lowest BCUT2D eigenvalue weighted by molar-refractivity contribution is -0.135. The number of ether oxygens (including phenoxy) is 2. The minimum Gasteiger partial charge on any atom is -0.380 e. The van der Waals surface area contributed by atoms with Crippen LogP contribution < -0.4 is 0 Å². The Bertz CT molecular complexity index is 253. The van der Waals surface area contributed by atoms with Crippen LogP contribution in [0.25, 0.3) is 0 Å². The summed E-state index contributed by atoms with van der Waals surface area (Å²) in [5.41, 5.74) is 0. The number of nitriles is 1. The molecule has 1 unspecified atom stereocenters. The molecular formula is C13H24N2O3. The van der Waals surface area contributed by atoms with Crippen LogP contribution in [-0.2, 0) is 14.3 Å². The molecule has 0 aliphatic rings. The van der Waals surface area contributed by atoms with E-state index in [0.29, 0.717) is 45.9 Å². The van der Waals surface area contributed by atoms with Crippen molar-refractivity contribution in [1.29, 1.82) is 5.26 Å². The fourth-order valence-corrected chi connectivity index (χ4v) is 1.51. The first-order valence-electron chi connectivity index (χ1n) is 6.55. The Morgan fingerprint density at radius 2 is 1.67 bits per heavy atom. The molecule has 1 amide bonds. The van der Waals surface area contributed by atoms with Crippen molar-refractivity contribution in [3.63, 3.8) is 0 Å². The summed E-state index contributed by atoms with van der Waals surface area (Å²) in [7, 11) is 0. The van der Waals surface area contributed by atoms with Gasteiger partial charge in [0.05, 0.1) is 19.3 Å². The van der Waals surface area contributed by atoms with Crippen molar-refractivity contribution in [2.75, 3.05) is 39.5 Å². The number of carbonyl (C=O) groups excluding carboxylic acids is 1. The van der Waals surface area contributed by atoms with Crippen LogP contribution in [0.1, 0.15) is 27.2 Å². The predicted molar refractivity (Wildman–Crippen MR) is 69.0 cm³/mol. The first-order chi connectivity index (χ1) is 8.71. The van der Waals surface area contributed by atoms with Crippen molar-refractivity contribution in [2.24, 2.45) is 5.92 Å². The largest absolute Gasteiger partial charge is 0.380 e. The van der Waals surface area contributed by atoms with Gasteiger partial charge < -0.3 is 14.4 Å². The Hall–Kier alpha value is -1.12. The van der Waals surface area contributed by atoms with Gasteiger partial charge in [-0.25, -0.2) is 0 Å². The number of carbonyl (C=O) groups is 1.